The van der Waals surface area contributed by atoms with Crippen molar-refractivity contribution in [1.29, 1.82) is 0 Å². The zero-order valence-corrected chi connectivity index (χ0v) is 12.7. The molecule has 1 N–H and O–H groups in total. The first kappa shape index (κ1) is 14.8. The molecule has 5 heteroatoms. The third kappa shape index (κ3) is 3.54. The molecule has 1 saturated heterocycles. The average molecular weight is 300 g/mol. The summed E-state index contributed by atoms with van der Waals surface area (Å²) in [7, 11) is 0. The smallest absolute Gasteiger partial charge is 0.226 e. The van der Waals surface area contributed by atoms with E-state index in [2.05, 4.69) is 10.3 Å². The molecule has 116 valence electrons. The van der Waals surface area contributed by atoms with E-state index >= 15 is 0 Å². The molecule has 1 aromatic carbocycles. The summed E-state index contributed by atoms with van der Waals surface area (Å²) in [6.07, 6.45) is 1.26. The minimum absolute atomic E-state index is 0.0251. The van der Waals surface area contributed by atoms with Gasteiger partial charge in [0.15, 0.2) is 0 Å². The maximum absolute atomic E-state index is 12.0. The maximum Gasteiger partial charge on any atom is 0.226 e. The lowest BCUT2D eigenvalue weighted by Crippen LogP contribution is -2.30. The molecule has 2 aromatic rings. The average Bonchev–Trinajstić information content (AvgIpc) is 3.17. The SMILES string of the molecule is Cc1oc(-c2ccccc2)nc1CC(=O)NC[C@H]1CCOC1. The van der Waals surface area contributed by atoms with E-state index in [9.17, 15) is 4.79 Å². The van der Waals surface area contributed by atoms with Crippen molar-refractivity contribution in [1.82, 2.24) is 10.3 Å². The molecule has 3 rings (SSSR count). The highest BCUT2D eigenvalue weighted by atomic mass is 16.5. The summed E-state index contributed by atoms with van der Waals surface area (Å²) in [5, 5.41) is 2.95. The number of rotatable bonds is 5. The van der Waals surface area contributed by atoms with Crippen LogP contribution in [0.25, 0.3) is 11.5 Å². The largest absolute Gasteiger partial charge is 0.441 e. The van der Waals surface area contributed by atoms with Crippen LogP contribution in [0.1, 0.15) is 17.9 Å². The number of hydrogen-bond acceptors (Lipinski definition) is 4. The summed E-state index contributed by atoms with van der Waals surface area (Å²) >= 11 is 0. The van der Waals surface area contributed by atoms with E-state index in [1.54, 1.807) is 0 Å². The van der Waals surface area contributed by atoms with Crippen LogP contribution >= 0.6 is 0 Å². The Labute approximate surface area is 129 Å². The summed E-state index contributed by atoms with van der Waals surface area (Å²) in [6, 6.07) is 9.70. The first-order valence-electron chi connectivity index (χ1n) is 7.58. The van der Waals surface area contributed by atoms with Crippen LogP contribution in [0.2, 0.25) is 0 Å². The fourth-order valence-electron chi connectivity index (χ4n) is 2.51. The van der Waals surface area contributed by atoms with Crippen molar-refractivity contribution in [2.45, 2.75) is 19.8 Å². The molecule has 0 spiro atoms. The number of nitrogens with one attached hydrogen (secondary N) is 1. The van der Waals surface area contributed by atoms with Crippen LogP contribution < -0.4 is 5.32 Å². The topological polar surface area (TPSA) is 64.4 Å². The van der Waals surface area contributed by atoms with E-state index in [1.807, 2.05) is 37.3 Å². The standard InChI is InChI=1S/C17H20N2O3/c1-12-15(9-16(20)18-10-13-7-8-21-11-13)19-17(22-12)14-5-3-2-4-6-14/h2-6,13H,7-11H2,1H3,(H,18,20)/t13-/m1/s1. The molecule has 0 bridgehead atoms. The van der Waals surface area contributed by atoms with Crippen molar-refractivity contribution in [3.05, 3.63) is 41.8 Å². The first-order valence-corrected chi connectivity index (χ1v) is 7.58. The number of carbonyl (C=O) groups is 1. The van der Waals surface area contributed by atoms with E-state index in [-0.39, 0.29) is 12.3 Å². The zero-order chi connectivity index (χ0) is 15.4. The highest BCUT2D eigenvalue weighted by Gasteiger charge is 2.18. The molecule has 1 aromatic heterocycles. The Morgan fingerprint density at radius 3 is 2.91 bits per heavy atom. The molecule has 1 fully saturated rings. The molecule has 0 aliphatic carbocycles. The normalized spacial score (nSPS) is 17.6. The van der Waals surface area contributed by atoms with Crippen molar-refractivity contribution in [2.24, 2.45) is 5.92 Å². The lowest BCUT2D eigenvalue weighted by molar-refractivity contribution is -0.120. The van der Waals surface area contributed by atoms with Gasteiger partial charge in [-0.25, -0.2) is 4.98 Å². The van der Waals surface area contributed by atoms with Crippen LogP contribution in [0.3, 0.4) is 0 Å². The highest BCUT2D eigenvalue weighted by Crippen LogP contribution is 2.21. The van der Waals surface area contributed by atoms with Gasteiger partial charge in [0.1, 0.15) is 5.76 Å². The van der Waals surface area contributed by atoms with E-state index in [4.69, 9.17) is 9.15 Å². The molecule has 0 unspecified atom stereocenters. The monoisotopic (exact) mass is 300 g/mol. The van der Waals surface area contributed by atoms with Gasteiger partial charge >= 0.3 is 0 Å². The molecule has 1 aliphatic heterocycles. The van der Waals surface area contributed by atoms with E-state index in [0.717, 1.165) is 25.2 Å². The van der Waals surface area contributed by atoms with Crippen molar-refractivity contribution >= 4 is 5.91 Å². The number of aromatic nitrogens is 1. The number of carbonyl (C=O) groups excluding carboxylic acids is 1. The van der Waals surface area contributed by atoms with Gasteiger partial charge in [0.2, 0.25) is 11.8 Å². The molecular formula is C17H20N2O3. The Hall–Kier alpha value is -2.14. The molecule has 22 heavy (non-hydrogen) atoms. The van der Waals surface area contributed by atoms with Gasteiger partial charge in [0, 0.05) is 24.6 Å². The predicted molar refractivity (Wildman–Crippen MR) is 82.3 cm³/mol. The van der Waals surface area contributed by atoms with Gasteiger partial charge in [-0.1, -0.05) is 18.2 Å². The van der Waals surface area contributed by atoms with Crippen molar-refractivity contribution in [3.8, 4) is 11.5 Å². The number of benzene rings is 1. The fraction of sp³-hybridized carbons (Fsp3) is 0.412. The van der Waals surface area contributed by atoms with E-state index in [1.165, 1.54) is 0 Å². The second-order valence-electron chi connectivity index (χ2n) is 5.60. The number of nitrogens with zero attached hydrogens (tertiary/aromatic N) is 1. The third-order valence-corrected chi connectivity index (χ3v) is 3.85. The van der Waals surface area contributed by atoms with Gasteiger partial charge in [0.05, 0.1) is 18.7 Å². The van der Waals surface area contributed by atoms with Crippen LogP contribution in [0.4, 0.5) is 0 Å². The van der Waals surface area contributed by atoms with E-state index < -0.39 is 0 Å². The Bertz CT molecular complexity index is 631. The molecule has 1 atom stereocenters. The van der Waals surface area contributed by atoms with Crippen molar-refractivity contribution < 1.29 is 13.9 Å². The lowest BCUT2D eigenvalue weighted by Gasteiger charge is -2.08. The Balaban J connectivity index is 1.60. The zero-order valence-electron chi connectivity index (χ0n) is 12.7. The fourth-order valence-corrected chi connectivity index (χ4v) is 2.51. The number of hydrogen-bond donors (Lipinski definition) is 1. The molecule has 2 heterocycles. The summed E-state index contributed by atoms with van der Waals surface area (Å²) in [5.41, 5.74) is 1.61. The molecule has 5 nitrogen and oxygen atoms in total. The number of oxazole rings is 1. The summed E-state index contributed by atoms with van der Waals surface area (Å²) in [6.45, 7) is 4.04. The Morgan fingerprint density at radius 2 is 2.18 bits per heavy atom. The van der Waals surface area contributed by atoms with Crippen LogP contribution in [0, 0.1) is 12.8 Å². The van der Waals surface area contributed by atoms with Crippen LogP contribution in [-0.4, -0.2) is 30.6 Å². The first-order chi connectivity index (χ1) is 10.7. The molecular weight excluding hydrogens is 280 g/mol. The molecule has 0 radical (unpaired) electrons. The summed E-state index contributed by atoms with van der Waals surface area (Å²) < 4.78 is 11.0. The van der Waals surface area contributed by atoms with Gasteiger partial charge in [-0.3, -0.25) is 4.79 Å². The Morgan fingerprint density at radius 1 is 1.36 bits per heavy atom. The Kier molecular flexibility index (Phi) is 4.53. The second-order valence-corrected chi connectivity index (χ2v) is 5.60. The van der Waals surface area contributed by atoms with Crippen molar-refractivity contribution in [2.75, 3.05) is 19.8 Å². The number of amides is 1. The van der Waals surface area contributed by atoms with Gasteiger partial charge in [-0.2, -0.15) is 0 Å². The van der Waals surface area contributed by atoms with Gasteiger partial charge in [-0.05, 0) is 25.5 Å². The number of ether oxygens (including phenoxy) is 1. The minimum Gasteiger partial charge on any atom is -0.441 e. The number of aryl methyl sites for hydroxylation is 1. The van der Waals surface area contributed by atoms with Crippen LogP contribution in [0.15, 0.2) is 34.7 Å². The summed E-state index contributed by atoms with van der Waals surface area (Å²) in [5.74, 6) is 1.66. The van der Waals surface area contributed by atoms with Crippen LogP contribution in [0.5, 0.6) is 0 Å². The van der Waals surface area contributed by atoms with Crippen molar-refractivity contribution in [3.63, 3.8) is 0 Å². The quantitative estimate of drug-likeness (QED) is 0.920. The molecule has 1 aliphatic rings. The van der Waals surface area contributed by atoms with E-state index in [0.29, 0.717) is 29.8 Å². The van der Waals surface area contributed by atoms with Crippen LogP contribution in [-0.2, 0) is 16.0 Å². The van der Waals surface area contributed by atoms with Gasteiger partial charge in [0.25, 0.3) is 0 Å². The minimum atomic E-state index is -0.0251. The molecule has 0 saturated carbocycles. The highest BCUT2D eigenvalue weighted by molar-refractivity contribution is 5.78. The third-order valence-electron chi connectivity index (χ3n) is 3.85. The molecule has 1 amide bonds. The summed E-state index contributed by atoms with van der Waals surface area (Å²) in [4.78, 5) is 16.5. The maximum atomic E-state index is 12.0. The predicted octanol–water partition coefficient (Wildman–Crippen LogP) is 2.35. The lowest BCUT2D eigenvalue weighted by atomic mass is 10.1. The van der Waals surface area contributed by atoms with Gasteiger partial charge < -0.3 is 14.5 Å². The van der Waals surface area contributed by atoms with Gasteiger partial charge in [-0.15, -0.1) is 0 Å². The second kappa shape index (κ2) is 6.75.